The van der Waals surface area contributed by atoms with Crippen molar-refractivity contribution in [3.63, 3.8) is 0 Å². The van der Waals surface area contributed by atoms with E-state index in [1.165, 1.54) is 35.7 Å². The highest BCUT2D eigenvalue weighted by Crippen LogP contribution is 2.34. The Morgan fingerprint density at radius 2 is 1.93 bits per heavy atom. The Bertz CT molecular complexity index is 1070. The molecule has 0 spiro atoms. The second kappa shape index (κ2) is 7.72. The van der Waals surface area contributed by atoms with E-state index in [1.54, 1.807) is 17.5 Å². The monoisotopic (exact) mass is 407 g/mol. The second-order valence-corrected chi connectivity index (χ2v) is 8.26. The van der Waals surface area contributed by atoms with Crippen LogP contribution in [0, 0.1) is 5.82 Å². The Morgan fingerprint density at radius 3 is 2.63 bits per heavy atom. The van der Waals surface area contributed by atoms with Crippen LogP contribution in [0.25, 0.3) is 0 Å². The number of amides is 2. The predicted octanol–water partition coefficient (Wildman–Crippen LogP) is 4.12. The van der Waals surface area contributed by atoms with E-state index in [0.29, 0.717) is 5.13 Å². The topological polar surface area (TPSA) is 97.4 Å². The second-order valence-electron chi connectivity index (χ2n) is 5.38. The van der Waals surface area contributed by atoms with Crippen molar-refractivity contribution in [2.24, 2.45) is 0 Å². The van der Waals surface area contributed by atoms with Crippen LogP contribution in [0.2, 0.25) is 0 Å². The summed E-state index contributed by atoms with van der Waals surface area (Å²) in [5.41, 5.74) is 0.0346. The van der Waals surface area contributed by atoms with Crippen molar-refractivity contribution in [1.82, 2.24) is 4.98 Å². The van der Waals surface area contributed by atoms with Crippen molar-refractivity contribution in [2.45, 2.75) is 4.90 Å². The number of thiazole rings is 1. The van der Waals surface area contributed by atoms with Crippen molar-refractivity contribution in [3.8, 4) is 11.5 Å². The number of anilines is 2. The van der Waals surface area contributed by atoms with Gasteiger partial charge in [0.15, 0.2) is 20.7 Å². The van der Waals surface area contributed by atoms with Crippen molar-refractivity contribution < 1.29 is 22.3 Å². The first kappa shape index (κ1) is 18.8. The fraction of sp³-hybridized carbons (Fsp3) is 0.0588. The molecule has 0 saturated carbocycles. The van der Waals surface area contributed by atoms with Gasteiger partial charge in [0.25, 0.3) is 0 Å². The molecular weight excluding hydrogens is 393 g/mol. The SMILES string of the molecule is CS(=O)(=O)c1ccccc1Oc1ccc(F)cc1NC(=O)Nc1nccs1. The van der Waals surface area contributed by atoms with Gasteiger partial charge in [-0.3, -0.25) is 5.32 Å². The summed E-state index contributed by atoms with van der Waals surface area (Å²) in [6.07, 6.45) is 2.58. The van der Waals surface area contributed by atoms with Gasteiger partial charge in [-0.25, -0.2) is 22.6 Å². The molecular formula is C17H14FN3O4S2. The molecule has 0 saturated heterocycles. The maximum absolute atomic E-state index is 13.6. The molecule has 0 aliphatic rings. The number of hydrogen-bond donors (Lipinski definition) is 2. The van der Waals surface area contributed by atoms with Gasteiger partial charge in [-0.1, -0.05) is 12.1 Å². The van der Waals surface area contributed by atoms with E-state index < -0.39 is 21.7 Å². The molecule has 0 unspecified atom stereocenters. The summed E-state index contributed by atoms with van der Waals surface area (Å²) in [6, 6.07) is 8.91. The first-order chi connectivity index (χ1) is 12.8. The van der Waals surface area contributed by atoms with Crippen LogP contribution in [-0.2, 0) is 9.84 Å². The smallest absolute Gasteiger partial charge is 0.325 e. The Hall–Kier alpha value is -2.98. The van der Waals surface area contributed by atoms with Crippen LogP contribution >= 0.6 is 11.3 Å². The lowest BCUT2D eigenvalue weighted by Crippen LogP contribution is -2.19. The zero-order valence-electron chi connectivity index (χ0n) is 14.0. The molecule has 0 fully saturated rings. The molecule has 2 amide bonds. The number of nitrogens with one attached hydrogen (secondary N) is 2. The molecule has 1 heterocycles. The Kier molecular flexibility index (Phi) is 5.38. The summed E-state index contributed by atoms with van der Waals surface area (Å²) in [7, 11) is -3.54. The van der Waals surface area contributed by atoms with Gasteiger partial charge >= 0.3 is 6.03 Å². The van der Waals surface area contributed by atoms with Gasteiger partial charge < -0.3 is 10.1 Å². The average molecular weight is 407 g/mol. The van der Waals surface area contributed by atoms with E-state index in [-0.39, 0.29) is 22.1 Å². The minimum absolute atomic E-state index is 0.0208. The summed E-state index contributed by atoms with van der Waals surface area (Å²) in [5, 5.41) is 7.03. The molecule has 0 radical (unpaired) electrons. The minimum atomic E-state index is -3.54. The molecule has 140 valence electrons. The maximum atomic E-state index is 13.6. The summed E-state index contributed by atoms with van der Waals surface area (Å²) >= 11 is 1.22. The molecule has 0 aliphatic heterocycles. The number of ether oxygens (including phenoxy) is 1. The number of benzene rings is 2. The number of carbonyl (C=O) groups excluding carboxylic acids is 1. The van der Waals surface area contributed by atoms with Gasteiger partial charge in [0, 0.05) is 23.9 Å². The highest BCUT2D eigenvalue weighted by molar-refractivity contribution is 7.90. The highest BCUT2D eigenvalue weighted by Gasteiger charge is 2.17. The summed E-state index contributed by atoms with van der Waals surface area (Å²) < 4.78 is 43.1. The van der Waals surface area contributed by atoms with Crippen LogP contribution in [0.1, 0.15) is 0 Å². The van der Waals surface area contributed by atoms with E-state index in [2.05, 4.69) is 15.6 Å². The van der Waals surface area contributed by atoms with Crippen LogP contribution in [0.4, 0.5) is 20.0 Å². The lowest BCUT2D eigenvalue weighted by atomic mass is 10.2. The van der Waals surface area contributed by atoms with Crippen molar-refractivity contribution in [2.75, 3.05) is 16.9 Å². The maximum Gasteiger partial charge on any atom is 0.325 e. The summed E-state index contributed by atoms with van der Waals surface area (Å²) in [6.45, 7) is 0. The van der Waals surface area contributed by atoms with E-state index in [1.807, 2.05) is 0 Å². The third kappa shape index (κ3) is 4.80. The molecule has 1 aromatic heterocycles. The van der Waals surface area contributed by atoms with E-state index in [4.69, 9.17) is 4.74 Å². The van der Waals surface area contributed by atoms with Gasteiger partial charge in [-0.15, -0.1) is 11.3 Å². The van der Waals surface area contributed by atoms with E-state index in [0.717, 1.165) is 18.4 Å². The summed E-state index contributed by atoms with van der Waals surface area (Å²) in [5.74, 6) is -0.444. The zero-order chi connectivity index (χ0) is 19.4. The highest BCUT2D eigenvalue weighted by atomic mass is 32.2. The van der Waals surface area contributed by atoms with Crippen LogP contribution in [0.15, 0.2) is 58.9 Å². The molecule has 10 heteroatoms. The molecule has 3 aromatic rings. The van der Waals surface area contributed by atoms with Crippen molar-refractivity contribution in [1.29, 1.82) is 0 Å². The van der Waals surface area contributed by atoms with E-state index >= 15 is 0 Å². The largest absolute Gasteiger partial charge is 0.454 e. The normalized spacial score (nSPS) is 11.0. The van der Waals surface area contributed by atoms with Crippen LogP contribution in [0.3, 0.4) is 0 Å². The quantitative estimate of drug-likeness (QED) is 0.663. The fourth-order valence-corrected chi connectivity index (χ4v) is 3.51. The average Bonchev–Trinajstić information content (AvgIpc) is 3.09. The van der Waals surface area contributed by atoms with Crippen LogP contribution in [-0.4, -0.2) is 25.7 Å². The molecule has 2 aromatic carbocycles. The van der Waals surface area contributed by atoms with Crippen molar-refractivity contribution >= 4 is 38.0 Å². The van der Waals surface area contributed by atoms with Crippen molar-refractivity contribution in [3.05, 3.63) is 59.9 Å². The number of halogens is 1. The first-order valence-corrected chi connectivity index (χ1v) is 10.3. The van der Waals surface area contributed by atoms with Crippen LogP contribution in [0.5, 0.6) is 11.5 Å². The third-order valence-electron chi connectivity index (χ3n) is 3.31. The number of sulfone groups is 1. The van der Waals surface area contributed by atoms with E-state index in [9.17, 15) is 17.6 Å². The van der Waals surface area contributed by atoms with Gasteiger partial charge in [-0.2, -0.15) is 0 Å². The molecule has 7 nitrogen and oxygen atoms in total. The molecule has 0 aliphatic carbocycles. The standard InChI is InChI=1S/C17H14FN3O4S2/c1-27(23,24)15-5-3-2-4-14(15)25-13-7-6-11(18)10-12(13)20-16(22)21-17-19-8-9-26-17/h2-10H,1H3,(H2,19,20,21,22). The number of urea groups is 1. The Balaban J connectivity index is 1.88. The number of hydrogen-bond acceptors (Lipinski definition) is 6. The molecule has 0 bridgehead atoms. The predicted molar refractivity (Wildman–Crippen MR) is 101 cm³/mol. The Morgan fingerprint density at radius 1 is 1.15 bits per heavy atom. The molecule has 27 heavy (non-hydrogen) atoms. The zero-order valence-corrected chi connectivity index (χ0v) is 15.6. The Labute approximate surface area is 158 Å². The third-order valence-corrected chi connectivity index (χ3v) is 5.14. The number of aromatic nitrogens is 1. The number of carbonyl (C=O) groups is 1. The number of rotatable bonds is 5. The first-order valence-electron chi connectivity index (χ1n) is 7.57. The van der Waals surface area contributed by atoms with Gasteiger partial charge in [0.1, 0.15) is 16.5 Å². The van der Waals surface area contributed by atoms with Gasteiger partial charge in [-0.05, 0) is 24.3 Å². The minimum Gasteiger partial charge on any atom is -0.454 e. The lowest BCUT2D eigenvalue weighted by molar-refractivity contribution is 0.262. The fourth-order valence-electron chi connectivity index (χ4n) is 2.18. The number of para-hydroxylation sites is 1. The molecule has 2 N–H and O–H groups in total. The van der Waals surface area contributed by atoms with Gasteiger partial charge in [0.2, 0.25) is 0 Å². The van der Waals surface area contributed by atoms with Gasteiger partial charge in [0.05, 0.1) is 5.69 Å². The lowest BCUT2D eigenvalue weighted by Gasteiger charge is -2.14. The van der Waals surface area contributed by atoms with Crippen LogP contribution < -0.4 is 15.4 Å². The summed E-state index contributed by atoms with van der Waals surface area (Å²) in [4.78, 5) is 16.0. The number of nitrogens with zero attached hydrogens (tertiary/aromatic N) is 1. The molecule has 0 atom stereocenters. The molecule has 3 rings (SSSR count).